The molecule has 0 aliphatic carbocycles. The van der Waals surface area contributed by atoms with Crippen molar-refractivity contribution in [2.75, 3.05) is 5.75 Å². The molecule has 0 fully saturated rings. The maximum Gasteiger partial charge on any atom is 0.164 e. The van der Waals surface area contributed by atoms with Gasteiger partial charge in [-0.15, -0.1) is 11.8 Å². The molecule has 0 bridgehead atoms. The Hall–Kier alpha value is -5.57. The molecule has 0 N–H and O–H groups in total. The number of rotatable bonds is 9. The molecule has 0 saturated carbocycles. The van der Waals surface area contributed by atoms with E-state index in [1.807, 2.05) is 49.0 Å². The minimum Gasteiger partial charge on any atom is -0.456 e. The van der Waals surface area contributed by atoms with Crippen LogP contribution in [0.3, 0.4) is 0 Å². The Morgan fingerprint density at radius 3 is 2.23 bits per heavy atom. The zero-order valence-corrected chi connectivity index (χ0v) is 35.2. The van der Waals surface area contributed by atoms with E-state index >= 15 is 0 Å². The molecule has 1 aliphatic rings. The summed E-state index contributed by atoms with van der Waals surface area (Å²) in [6.07, 6.45) is 19.6. The van der Waals surface area contributed by atoms with Crippen LogP contribution < -0.4 is 0 Å². The molecular weight excluding hydrogens is 830 g/mol. The Balaban J connectivity index is 1.22. The number of hydrogen-bond acceptors (Lipinski definition) is 5. The molecular formula is C51H42IN3OS. The topological polar surface area (TPSA) is 51.8 Å². The number of aromatic nitrogens is 3. The van der Waals surface area contributed by atoms with Crippen LogP contribution in [0.2, 0.25) is 0 Å². The lowest BCUT2D eigenvalue weighted by atomic mass is 9.93. The van der Waals surface area contributed by atoms with E-state index in [9.17, 15) is 0 Å². The van der Waals surface area contributed by atoms with Crippen molar-refractivity contribution in [3.63, 3.8) is 0 Å². The minimum atomic E-state index is 0.148. The van der Waals surface area contributed by atoms with Gasteiger partial charge in [-0.05, 0) is 82.8 Å². The number of halogens is 1. The zero-order valence-electron chi connectivity index (χ0n) is 32.2. The van der Waals surface area contributed by atoms with Gasteiger partial charge in [0.2, 0.25) is 0 Å². The van der Waals surface area contributed by atoms with Gasteiger partial charge in [0.25, 0.3) is 0 Å². The van der Waals surface area contributed by atoms with Crippen LogP contribution in [0.15, 0.2) is 185 Å². The first-order chi connectivity index (χ1) is 28.0. The molecule has 4 nitrogen and oxygen atoms in total. The fourth-order valence-corrected chi connectivity index (χ4v) is 9.44. The molecule has 3 heterocycles. The largest absolute Gasteiger partial charge is 0.456 e. The normalized spacial score (nSPS) is 17.6. The van der Waals surface area contributed by atoms with E-state index in [0.717, 1.165) is 50.0 Å². The number of furan rings is 1. The number of thioether (sulfide) groups is 1. The highest BCUT2D eigenvalue weighted by Crippen LogP contribution is 2.40. The fraction of sp³-hybridized carbons (Fsp3) is 0.118. The first-order valence-corrected chi connectivity index (χ1v) is 21.5. The van der Waals surface area contributed by atoms with Gasteiger partial charge in [-0.2, -0.15) is 0 Å². The molecule has 57 heavy (non-hydrogen) atoms. The highest BCUT2D eigenvalue weighted by molar-refractivity contribution is 14.1. The van der Waals surface area contributed by atoms with E-state index in [-0.39, 0.29) is 3.92 Å². The first kappa shape index (κ1) is 38.3. The van der Waals surface area contributed by atoms with Crippen LogP contribution in [0, 0.1) is 0 Å². The molecule has 2 aromatic heterocycles. The van der Waals surface area contributed by atoms with Gasteiger partial charge < -0.3 is 4.42 Å². The Bertz CT molecular complexity index is 2750. The molecule has 1 atom stereocenters. The van der Waals surface area contributed by atoms with E-state index in [2.05, 4.69) is 176 Å². The highest BCUT2D eigenvalue weighted by Gasteiger charge is 2.23. The number of benzene rings is 5. The van der Waals surface area contributed by atoms with Crippen molar-refractivity contribution < 1.29 is 4.42 Å². The SMILES string of the molecule is C/C=C\C=C/Cc1nc(C(=C/C)/C2=C(\C)SC/C=C\C=C/C2I)nc(-c2cccc3oc4ccc(-c5ccc(-c6ccccc6-c6ccccc6)cc5)cc4c23)n1. The van der Waals surface area contributed by atoms with E-state index in [0.29, 0.717) is 23.9 Å². The van der Waals surface area contributed by atoms with E-state index in [1.165, 1.54) is 32.7 Å². The lowest BCUT2D eigenvalue weighted by Gasteiger charge is -2.18. The van der Waals surface area contributed by atoms with E-state index < -0.39 is 0 Å². The van der Waals surface area contributed by atoms with Gasteiger partial charge in [-0.25, -0.2) is 15.0 Å². The van der Waals surface area contributed by atoms with Crippen LogP contribution in [0.4, 0.5) is 0 Å². The van der Waals surface area contributed by atoms with Crippen LogP contribution in [0.1, 0.15) is 32.4 Å². The number of hydrogen-bond donors (Lipinski definition) is 0. The first-order valence-electron chi connectivity index (χ1n) is 19.2. The average molecular weight is 872 g/mol. The summed E-state index contributed by atoms with van der Waals surface area (Å²) in [6.45, 7) is 6.30. The molecule has 1 aliphatic heterocycles. The van der Waals surface area contributed by atoms with Crippen molar-refractivity contribution >= 4 is 61.9 Å². The standard InChI is InChI=1S/C51H42IN3OS/c1-4-6-7-13-25-47-53-50(39(5-2)48-34(3)57-32-16-9-12-23-44(48)52)55-51(54-47)42-22-17-24-46-49(42)43-33-38(30-31-45(43)56-46)35-26-28-37(29-27-35)41-21-15-14-20-40(41)36-18-10-8-11-19-36/h4-24,26-31,33,44H,25,32H2,1-3H3/b6-4-,13-7-,16-9-,23-12-,39-5+,48-34-. The van der Waals surface area contributed by atoms with Gasteiger partial charge in [0, 0.05) is 34.1 Å². The predicted octanol–water partition coefficient (Wildman–Crippen LogP) is 14.5. The van der Waals surface area contributed by atoms with Gasteiger partial charge in [-0.3, -0.25) is 0 Å². The molecule has 5 aromatic carbocycles. The van der Waals surface area contributed by atoms with Crippen LogP contribution in [0.5, 0.6) is 0 Å². The number of nitrogens with zero attached hydrogens (tertiary/aromatic N) is 3. The number of fused-ring (bicyclic) bond motifs is 3. The van der Waals surface area contributed by atoms with Crippen molar-refractivity contribution in [3.8, 4) is 44.8 Å². The summed E-state index contributed by atoms with van der Waals surface area (Å²) in [5.41, 5.74) is 11.8. The lowest BCUT2D eigenvalue weighted by Crippen LogP contribution is -2.10. The third-order valence-electron chi connectivity index (χ3n) is 10.1. The summed E-state index contributed by atoms with van der Waals surface area (Å²) in [4.78, 5) is 16.8. The summed E-state index contributed by atoms with van der Waals surface area (Å²) in [7, 11) is 0. The smallest absolute Gasteiger partial charge is 0.164 e. The maximum atomic E-state index is 6.49. The second kappa shape index (κ2) is 17.7. The summed E-state index contributed by atoms with van der Waals surface area (Å²) >= 11 is 4.37. The maximum absolute atomic E-state index is 6.49. The molecule has 1 unspecified atom stereocenters. The summed E-state index contributed by atoms with van der Waals surface area (Å²) in [5, 5.41) is 2.02. The van der Waals surface area contributed by atoms with Crippen LogP contribution in [0.25, 0.3) is 72.3 Å². The Kier molecular flexibility index (Phi) is 11.9. The average Bonchev–Trinajstić information content (AvgIpc) is 3.66. The van der Waals surface area contributed by atoms with Crippen LogP contribution in [-0.2, 0) is 6.42 Å². The summed E-state index contributed by atoms with van der Waals surface area (Å²) < 4.78 is 6.64. The quantitative estimate of drug-likeness (QED) is 0.0822. The fourth-order valence-electron chi connectivity index (χ4n) is 7.33. The summed E-state index contributed by atoms with van der Waals surface area (Å²) in [6, 6.07) is 40.7. The summed E-state index contributed by atoms with van der Waals surface area (Å²) in [5.74, 6) is 2.93. The number of alkyl halides is 1. The van der Waals surface area contributed by atoms with Crippen LogP contribution in [-0.4, -0.2) is 24.6 Å². The van der Waals surface area contributed by atoms with Crippen molar-refractivity contribution in [2.45, 2.75) is 31.1 Å². The monoisotopic (exact) mass is 871 g/mol. The van der Waals surface area contributed by atoms with Gasteiger partial charge in [0.15, 0.2) is 11.6 Å². The van der Waals surface area contributed by atoms with E-state index in [4.69, 9.17) is 19.4 Å². The third-order valence-corrected chi connectivity index (χ3v) is 12.1. The minimum absolute atomic E-state index is 0.148. The van der Waals surface area contributed by atoms with Crippen molar-refractivity contribution in [2.24, 2.45) is 0 Å². The second-order valence-corrected chi connectivity index (χ2v) is 16.3. The Labute approximate surface area is 352 Å². The van der Waals surface area contributed by atoms with Gasteiger partial charge in [0.1, 0.15) is 17.0 Å². The Morgan fingerprint density at radius 1 is 0.737 bits per heavy atom. The molecule has 280 valence electrons. The van der Waals surface area contributed by atoms with Gasteiger partial charge >= 0.3 is 0 Å². The van der Waals surface area contributed by atoms with Crippen molar-refractivity contribution in [1.82, 2.24) is 15.0 Å². The van der Waals surface area contributed by atoms with Crippen molar-refractivity contribution in [3.05, 3.63) is 192 Å². The highest BCUT2D eigenvalue weighted by atomic mass is 127. The van der Waals surface area contributed by atoms with Gasteiger partial charge in [-0.1, -0.05) is 174 Å². The van der Waals surface area contributed by atoms with Crippen LogP contribution >= 0.6 is 34.4 Å². The third kappa shape index (κ3) is 8.29. The molecule has 8 rings (SSSR count). The number of allylic oxidation sites excluding steroid dienone is 11. The predicted molar refractivity (Wildman–Crippen MR) is 251 cm³/mol. The van der Waals surface area contributed by atoms with Crippen molar-refractivity contribution in [1.29, 1.82) is 0 Å². The van der Waals surface area contributed by atoms with E-state index in [1.54, 1.807) is 0 Å². The lowest BCUT2D eigenvalue weighted by molar-refractivity contribution is 0.669. The zero-order chi connectivity index (χ0) is 39.1. The molecule has 0 amide bonds. The Morgan fingerprint density at radius 2 is 1.46 bits per heavy atom. The molecule has 6 heteroatoms. The second-order valence-electron chi connectivity index (χ2n) is 13.7. The molecule has 0 saturated heterocycles. The van der Waals surface area contributed by atoms with Gasteiger partial charge in [0.05, 0.1) is 3.92 Å². The molecule has 0 radical (unpaired) electrons. The molecule has 7 aromatic rings. The molecule has 0 spiro atoms.